The van der Waals surface area contributed by atoms with Crippen LogP contribution in [-0.2, 0) is 26.2 Å². The minimum Gasteiger partial charge on any atom is -0.354 e. The summed E-state index contributed by atoms with van der Waals surface area (Å²) >= 11 is 24.9. The minimum absolute atomic E-state index is 0.0758. The summed E-state index contributed by atoms with van der Waals surface area (Å²) in [5, 5.41) is 4.07. The number of anilines is 1. The highest BCUT2D eigenvalue weighted by Gasteiger charge is 2.33. The van der Waals surface area contributed by atoms with Crippen LogP contribution in [0.25, 0.3) is 0 Å². The third-order valence-corrected chi connectivity index (χ3v) is 9.00. The Kier molecular flexibility index (Phi) is 11.1. The van der Waals surface area contributed by atoms with Gasteiger partial charge in [0.15, 0.2) is 0 Å². The maximum Gasteiger partial charge on any atom is 0.264 e. The molecular formula is C28H29Cl4N3O4S. The number of carbonyl (C=O) groups is 2. The van der Waals surface area contributed by atoms with Crippen molar-refractivity contribution in [3.8, 4) is 0 Å². The van der Waals surface area contributed by atoms with Crippen LogP contribution < -0.4 is 9.62 Å². The lowest BCUT2D eigenvalue weighted by molar-refractivity contribution is -0.139. The molecule has 3 aromatic rings. The van der Waals surface area contributed by atoms with Gasteiger partial charge in [0.25, 0.3) is 10.0 Å². The lowest BCUT2D eigenvalue weighted by Gasteiger charge is -2.32. The Morgan fingerprint density at radius 2 is 1.45 bits per heavy atom. The standard InChI is InChI=1S/C28H29Cl4N3O4S/c1-18(2)15-33-28(37)19(3)34(16-24-25(31)8-5-9-26(24)32)27(36)17-35(22-7-4-6-21(30)14-22)40(38,39)23-12-10-20(29)11-13-23/h4-14,18-19H,15-17H2,1-3H3,(H,33,37)/t19-/m1/s1. The molecule has 3 aromatic carbocycles. The van der Waals surface area contributed by atoms with Gasteiger partial charge in [-0.3, -0.25) is 13.9 Å². The van der Waals surface area contributed by atoms with Crippen molar-refractivity contribution in [3.05, 3.63) is 92.4 Å². The van der Waals surface area contributed by atoms with E-state index >= 15 is 0 Å². The van der Waals surface area contributed by atoms with E-state index in [1.807, 2.05) is 13.8 Å². The molecule has 0 heterocycles. The summed E-state index contributed by atoms with van der Waals surface area (Å²) in [4.78, 5) is 28.2. The number of hydrogen-bond acceptors (Lipinski definition) is 4. The van der Waals surface area contributed by atoms with E-state index in [0.717, 1.165) is 4.31 Å². The smallest absolute Gasteiger partial charge is 0.264 e. The predicted molar refractivity (Wildman–Crippen MR) is 162 cm³/mol. The number of carbonyl (C=O) groups excluding carboxylic acids is 2. The maximum absolute atomic E-state index is 14.0. The van der Waals surface area contributed by atoms with Crippen LogP contribution in [0.1, 0.15) is 26.3 Å². The van der Waals surface area contributed by atoms with Crippen molar-refractivity contribution in [1.82, 2.24) is 10.2 Å². The molecule has 0 aliphatic heterocycles. The summed E-state index contributed by atoms with van der Waals surface area (Å²) in [6.07, 6.45) is 0. The zero-order chi connectivity index (χ0) is 29.6. The second kappa shape index (κ2) is 13.9. The highest BCUT2D eigenvalue weighted by atomic mass is 35.5. The zero-order valence-corrected chi connectivity index (χ0v) is 25.9. The predicted octanol–water partition coefficient (Wildman–Crippen LogP) is 6.69. The first-order valence-corrected chi connectivity index (χ1v) is 15.3. The first-order chi connectivity index (χ1) is 18.8. The summed E-state index contributed by atoms with van der Waals surface area (Å²) in [5.74, 6) is -0.873. The Hall–Kier alpha value is -2.49. The fraction of sp³-hybridized carbons (Fsp3) is 0.286. The van der Waals surface area contributed by atoms with Crippen LogP contribution >= 0.6 is 46.4 Å². The van der Waals surface area contributed by atoms with Gasteiger partial charge in [0.05, 0.1) is 10.6 Å². The lowest BCUT2D eigenvalue weighted by atomic mass is 10.1. The molecule has 2 amide bonds. The Morgan fingerprint density at radius 3 is 2.02 bits per heavy atom. The average Bonchev–Trinajstić information content (AvgIpc) is 2.89. The Bertz CT molecular complexity index is 1450. The molecule has 0 bridgehead atoms. The van der Waals surface area contributed by atoms with Crippen molar-refractivity contribution in [3.63, 3.8) is 0 Å². The second-order valence-corrected chi connectivity index (χ2v) is 13.0. The number of sulfonamides is 1. The molecule has 0 saturated carbocycles. The maximum atomic E-state index is 14.0. The van der Waals surface area contributed by atoms with Crippen molar-refractivity contribution in [2.45, 2.75) is 38.3 Å². The van der Waals surface area contributed by atoms with E-state index < -0.39 is 34.4 Å². The third kappa shape index (κ3) is 8.04. The number of nitrogens with one attached hydrogen (secondary N) is 1. The van der Waals surface area contributed by atoms with E-state index in [0.29, 0.717) is 27.2 Å². The fourth-order valence-electron chi connectivity index (χ4n) is 3.78. The third-order valence-electron chi connectivity index (χ3n) is 6.02. The van der Waals surface area contributed by atoms with E-state index in [9.17, 15) is 18.0 Å². The first kappa shape index (κ1) is 32.0. The number of hydrogen-bond donors (Lipinski definition) is 1. The van der Waals surface area contributed by atoms with Crippen LogP contribution in [0.4, 0.5) is 5.69 Å². The van der Waals surface area contributed by atoms with E-state index in [1.165, 1.54) is 41.3 Å². The molecule has 1 atom stereocenters. The van der Waals surface area contributed by atoms with Gasteiger partial charge in [-0.25, -0.2) is 8.42 Å². The fourth-order valence-corrected chi connectivity index (χ4v) is 6.02. The van der Waals surface area contributed by atoms with Crippen LogP contribution in [0.2, 0.25) is 20.1 Å². The SMILES string of the molecule is CC(C)CNC(=O)[C@@H](C)N(Cc1c(Cl)cccc1Cl)C(=O)CN(c1cccc(Cl)c1)S(=O)(=O)c1ccc(Cl)cc1. The second-order valence-electron chi connectivity index (χ2n) is 9.48. The molecule has 40 heavy (non-hydrogen) atoms. The van der Waals surface area contributed by atoms with Gasteiger partial charge in [0, 0.05) is 38.7 Å². The van der Waals surface area contributed by atoms with Crippen LogP contribution in [0, 0.1) is 5.92 Å². The summed E-state index contributed by atoms with van der Waals surface area (Å²) in [6, 6.07) is 15.7. The van der Waals surface area contributed by atoms with Gasteiger partial charge in [-0.2, -0.15) is 0 Å². The highest BCUT2D eigenvalue weighted by molar-refractivity contribution is 7.92. The number of halogens is 4. The molecular weight excluding hydrogens is 616 g/mol. The van der Waals surface area contributed by atoms with Crippen LogP contribution in [0.5, 0.6) is 0 Å². The molecule has 0 radical (unpaired) electrons. The first-order valence-electron chi connectivity index (χ1n) is 12.3. The van der Waals surface area contributed by atoms with Gasteiger partial charge in [0.2, 0.25) is 11.8 Å². The molecule has 0 aliphatic rings. The van der Waals surface area contributed by atoms with Gasteiger partial charge >= 0.3 is 0 Å². The van der Waals surface area contributed by atoms with Crippen LogP contribution in [0.15, 0.2) is 71.6 Å². The van der Waals surface area contributed by atoms with E-state index in [4.69, 9.17) is 46.4 Å². The van der Waals surface area contributed by atoms with Crippen LogP contribution in [-0.4, -0.2) is 44.3 Å². The molecule has 0 saturated heterocycles. The lowest BCUT2D eigenvalue weighted by Crippen LogP contribution is -2.51. The van der Waals surface area contributed by atoms with Gasteiger partial charge in [-0.1, -0.05) is 72.4 Å². The minimum atomic E-state index is -4.26. The summed E-state index contributed by atoms with van der Waals surface area (Å²) in [6.45, 7) is 5.10. The monoisotopic (exact) mass is 643 g/mol. The molecule has 214 valence electrons. The summed E-state index contributed by atoms with van der Waals surface area (Å²) < 4.78 is 28.6. The van der Waals surface area contributed by atoms with Crippen molar-refractivity contribution in [2.24, 2.45) is 5.92 Å². The van der Waals surface area contributed by atoms with E-state index in [2.05, 4.69) is 5.32 Å². The molecule has 12 heteroatoms. The van der Waals surface area contributed by atoms with Crippen molar-refractivity contribution in [2.75, 3.05) is 17.4 Å². The van der Waals surface area contributed by atoms with E-state index in [-0.39, 0.29) is 28.1 Å². The van der Waals surface area contributed by atoms with Crippen molar-refractivity contribution >= 4 is 73.9 Å². The Balaban J connectivity index is 2.05. The van der Waals surface area contributed by atoms with Gasteiger partial charge in [-0.05, 0) is 67.4 Å². The van der Waals surface area contributed by atoms with Crippen molar-refractivity contribution < 1.29 is 18.0 Å². The van der Waals surface area contributed by atoms with Gasteiger partial charge < -0.3 is 10.2 Å². The number of rotatable bonds is 11. The number of nitrogens with zero attached hydrogens (tertiary/aromatic N) is 2. The van der Waals surface area contributed by atoms with Gasteiger partial charge in [-0.15, -0.1) is 0 Å². The van der Waals surface area contributed by atoms with Crippen molar-refractivity contribution in [1.29, 1.82) is 0 Å². The molecule has 0 unspecified atom stereocenters. The largest absolute Gasteiger partial charge is 0.354 e. The Labute approximate surface area is 255 Å². The summed E-state index contributed by atoms with van der Waals surface area (Å²) in [7, 11) is -4.26. The van der Waals surface area contributed by atoms with Crippen LogP contribution in [0.3, 0.4) is 0 Å². The molecule has 0 spiro atoms. The molecule has 0 aliphatic carbocycles. The molecule has 0 fully saturated rings. The molecule has 7 nitrogen and oxygen atoms in total. The molecule has 1 N–H and O–H groups in total. The number of benzene rings is 3. The number of amides is 2. The van der Waals surface area contributed by atoms with Gasteiger partial charge in [0.1, 0.15) is 12.6 Å². The topological polar surface area (TPSA) is 86.8 Å². The quantitative estimate of drug-likeness (QED) is 0.252. The normalized spacial score (nSPS) is 12.2. The molecule has 3 rings (SSSR count). The average molecular weight is 645 g/mol. The highest BCUT2D eigenvalue weighted by Crippen LogP contribution is 2.29. The molecule has 0 aromatic heterocycles. The summed E-state index contributed by atoms with van der Waals surface area (Å²) in [5.41, 5.74) is 0.598. The Morgan fingerprint density at radius 1 is 0.850 bits per heavy atom. The van der Waals surface area contributed by atoms with E-state index in [1.54, 1.807) is 37.3 Å². The zero-order valence-electron chi connectivity index (χ0n) is 22.1.